The highest BCUT2D eigenvalue weighted by atomic mass is 31.1. The molecule has 3 heteroatoms. The van der Waals surface area contributed by atoms with Gasteiger partial charge in [0, 0.05) is 17.6 Å². The van der Waals surface area contributed by atoms with Crippen LogP contribution in [0, 0.1) is 6.92 Å². The second kappa shape index (κ2) is 9.11. The van der Waals surface area contributed by atoms with Crippen molar-refractivity contribution in [3.05, 3.63) is 114 Å². The third-order valence-electron chi connectivity index (χ3n) is 5.09. The van der Waals surface area contributed by atoms with E-state index in [0.29, 0.717) is 5.66 Å². The Hall–Kier alpha value is -2.83. The van der Waals surface area contributed by atoms with Crippen molar-refractivity contribution in [1.82, 2.24) is 4.98 Å². The molecule has 0 radical (unpaired) electrons. The Kier molecular flexibility index (Phi) is 6.12. The van der Waals surface area contributed by atoms with Crippen LogP contribution in [0.5, 0.6) is 0 Å². The lowest BCUT2D eigenvalue weighted by molar-refractivity contribution is 0.850. The summed E-state index contributed by atoms with van der Waals surface area (Å²) in [4.78, 5) is 9.39. The van der Waals surface area contributed by atoms with Crippen molar-refractivity contribution in [3.8, 4) is 0 Å². The minimum Gasteiger partial charge on any atom is -0.283 e. The Balaban J connectivity index is 1.63. The van der Waals surface area contributed by atoms with Gasteiger partial charge in [-0.2, -0.15) is 0 Å². The molecule has 0 fully saturated rings. The molecule has 0 spiro atoms. The lowest BCUT2D eigenvalue weighted by Crippen LogP contribution is -2.24. The van der Waals surface area contributed by atoms with Crippen LogP contribution >= 0.6 is 7.92 Å². The van der Waals surface area contributed by atoms with E-state index in [4.69, 9.17) is 4.99 Å². The molecule has 0 aliphatic heterocycles. The van der Waals surface area contributed by atoms with Crippen LogP contribution in [0.1, 0.15) is 18.3 Å². The van der Waals surface area contributed by atoms with E-state index in [1.54, 1.807) is 0 Å². The van der Waals surface area contributed by atoms with E-state index < -0.39 is 7.92 Å². The van der Waals surface area contributed by atoms with Crippen LogP contribution in [0.2, 0.25) is 0 Å². The summed E-state index contributed by atoms with van der Waals surface area (Å²) in [5, 5.41) is 2.79. The van der Waals surface area contributed by atoms with Crippen molar-refractivity contribution in [2.24, 2.45) is 4.99 Å². The van der Waals surface area contributed by atoms with Crippen molar-refractivity contribution in [2.75, 3.05) is 0 Å². The summed E-state index contributed by atoms with van der Waals surface area (Å²) >= 11 is 0. The Bertz CT molecular complexity index is 999. The summed E-state index contributed by atoms with van der Waals surface area (Å²) in [6, 6.07) is 27.9. The number of hydrogen-bond acceptors (Lipinski definition) is 2. The minimum absolute atomic E-state index is 0.106. The molecule has 2 atom stereocenters. The number of aryl methyl sites for hydroxylation is 1. The number of rotatable bonds is 6. The molecule has 2 aromatic carbocycles. The molecule has 1 aliphatic carbocycles. The third kappa shape index (κ3) is 4.60. The lowest BCUT2D eigenvalue weighted by Gasteiger charge is -2.28. The standard InChI is InChI=1S/C26H25N2P/c1-20-11-9-12-22(28-20)19-27-21(2)25-17-10-18-26(25)29(23-13-5-3-6-14-23)24-15-7-4-8-16-24/h3-19,21,26H,1-2H3/t21-,26?/m1/s1. The maximum atomic E-state index is 4.85. The molecule has 0 saturated carbocycles. The Labute approximate surface area is 174 Å². The first-order chi connectivity index (χ1) is 14.2. The number of nitrogens with zero attached hydrogens (tertiary/aromatic N) is 2. The molecule has 1 heterocycles. The maximum absolute atomic E-state index is 4.85. The van der Waals surface area contributed by atoms with Crippen LogP contribution in [-0.2, 0) is 0 Å². The van der Waals surface area contributed by atoms with E-state index in [1.807, 2.05) is 31.3 Å². The first-order valence-electron chi connectivity index (χ1n) is 9.97. The second-order valence-corrected chi connectivity index (χ2v) is 9.52. The molecule has 4 rings (SSSR count). The molecular formula is C26H25N2P. The van der Waals surface area contributed by atoms with Gasteiger partial charge in [0.05, 0.1) is 11.7 Å². The average molecular weight is 396 g/mol. The average Bonchev–Trinajstić information content (AvgIpc) is 3.23. The summed E-state index contributed by atoms with van der Waals surface area (Å²) in [5.41, 5.74) is 3.64. The van der Waals surface area contributed by atoms with Crippen LogP contribution in [0.3, 0.4) is 0 Å². The summed E-state index contributed by atoms with van der Waals surface area (Å²) < 4.78 is 0. The van der Waals surface area contributed by atoms with E-state index in [0.717, 1.165) is 11.4 Å². The molecule has 0 bridgehead atoms. The van der Waals surface area contributed by atoms with Crippen LogP contribution < -0.4 is 10.6 Å². The van der Waals surface area contributed by atoms with Gasteiger partial charge >= 0.3 is 0 Å². The second-order valence-electron chi connectivity index (χ2n) is 7.20. The number of aromatic nitrogens is 1. The molecule has 29 heavy (non-hydrogen) atoms. The SMILES string of the molecule is Cc1cccc(C=N[C@H](C)C2=CC=CC2P(c2ccccc2)c2ccccc2)n1. The Morgan fingerprint density at radius 3 is 2.17 bits per heavy atom. The maximum Gasteiger partial charge on any atom is 0.0811 e. The van der Waals surface area contributed by atoms with Gasteiger partial charge in [-0.25, -0.2) is 0 Å². The molecule has 0 N–H and O–H groups in total. The first kappa shape index (κ1) is 19.5. The molecule has 1 aliphatic rings. The van der Waals surface area contributed by atoms with E-state index in [1.165, 1.54) is 16.2 Å². The first-order valence-corrected chi connectivity index (χ1v) is 11.4. The normalized spacial score (nSPS) is 17.1. The van der Waals surface area contributed by atoms with Gasteiger partial charge in [-0.3, -0.25) is 9.98 Å². The van der Waals surface area contributed by atoms with E-state index >= 15 is 0 Å². The van der Waals surface area contributed by atoms with E-state index in [9.17, 15) is 0 Å². The molecule has 2 nitrogen and oxygen atoms in total. The van der Waals surface area contributed by atoms with E-state index in [2.05, 4.69) is 90.8 Å². The Morgan fingerprint density at radius 1 is 0.897 bits per heavy atom. The van der Waals surface area contributed by atoms with Gasteiger partial charge in [0.15, 0.2) is 0 Å². The van der Waals surface area contributed by atoms with Crippen LogP contribution in [-0.4, -0.2) is 22.9 Å². The number of benzene rings is 2. The number of aliphatic imine (C=N–C) groups is 1. The van der Waals surface area contributed by atoms with Gasteiger partial charge in [0.2, 0.25) is 0 Å². The summed E-state index contributed by atoms with van der Waals surface area (Å²) in [6.45, 7) is 4.19. The van der Waals surface area contributed by atoms with Crippen molar-refractivity contribution >= 4 is 24.7 Å². The van der Waals surface area contributed by atoms with Crippen molar-refractivity contribution < 1.29 is 0 Å². The van der Waals surface area contributed by atoms with Gasteiger partial charge in [0.25, 0.3) is 0 Å². The highest BCUT2D eigenvalue weighted by Gasteiger charge is 2.29. The fraction of sp³-hybridized carbons (Fsp3) is 0.154. The summed E-state index contributed by atoms with van der Waals surface area (Å²) in [7, 11) is -0.538. The monoisotopic (exact) mass is 396 g/mol. The predicted molar refractivity (Wildman–Crippen MR) is 126 cm³/mol. The fourth-order valence-electron chi connectivity index (χ4n) is 3.66. The number of pyridine rings is 1. The topological polar surface area (TPSA) is 25.2 Å². The molecule has 1 aromatic heterocycles. The van der Waals surface area contributed by atoms with Crippen LogP contribution in [0.25, 0.3) is 0 Å². The number of allylic oxidation sites excluding steroid dienone is 3. The van der Waals surface area contributed by atoms with Crippen molar-refractivity contribution in [2.45, 2.75) is 25.5 Å². The highest BCUT2D eigenvalue weighted by molar-refractivity contribution is 7.74. The third-order valence-corrected chi connectivity index (χ3v) is 7.83. The van der Waals surface area contributed by atoms with Crippen molar-refractivity contribution in [3.63, 3.8) is 0 Å². The summed E-state index contributed by atoms with van der Waals surface area (Å²) in [5.74, 6) is 0. The number of hydrogen-bond donors (Lipinski definition) is 0. The predicted octanol–water partition coefficient (Wildman–Crippen LogP) is 5.20. The highest BCUT2D eigenvalue weighted by Crippen LogP contribution is 2.46. The Morgan fingerprint density at radius 2 is 1.55 bits per heavy atom. The molecule has 1 unspecified atom stereocenters. The van der Waals surface area contributed by atoms with Crippen LogP contribution in [0.4, 0.5) is 0 Å². The summed E-state index contributed by atoms with van der Waals surface area (Å²) in [6.07, 6.45) is 8.69. The fourth-order valence-corrected chi connectivity index (χ4v) is 6.46. The zero-order chi connectivity index (χ0) is 20.1. The van der Waals surface area contributed by atoms with Crippen molar-refractivity contribution in [1.29, 1.82) is 0 Å². The molecule has 0 amide bonds. The quantitative estimate of drug-likeness (QED) is 0.416. The van der Waals surface area contributed by atoms with Crippen LogP contribution in [0.15, 0.2) is 108 Å². The molecule has 144 valence electrons. The largest absolute Gasteiger partial charge is 0.283 e. The molecular weight excluding hydrogens is 371 g/mol. The zero-order valence-corrected chi connectivity index (χ0v) is 17.7. The zero-order valence-electron chi connectivity index (χ0n) is 16.8. The molecule has 0 saturated heterocycles. The van der Waals surface area contributed by atoms with Gasteiger partial charge in [-0.05, 0) is 50.1 Å². The minimum atomic E-state index is -0.538. The van der Waals surface area contributed by atoms with Gasteiger partial charge in [-0.15, -0.1) is 0 Å². The molecule has 3 aromatic rings. The lowest BCUT2D eigenvalue weighted by atomic mass is 10.1. The smallest absolute Gasteiger partial charge is 0.0811 e. The van der Waals surface area contributed by atoms with Gasteiger partial charge < -0.3 is 0 Å². The van der Waals surface area contributed by atoms with Gasteiger partial charge in [-0.1, -0.05) is 85.0 Å². The van der Waals surface area contributed by atoms with E-state index in [-0.39, 0.29) is 6.04 Å². The van der Waals surface area contributed by atoms with Gasteiger partial charge in [0.1, 0.15) is 0 Å².